The summed E-state index contributed by atoms with van der Waals surface area (Å²) in [6.45, 7) is 4.37. The van der Waals surface area contributed by atoms with Crippen molar-refractivity contribution in [2.45, 2.75) is 37.4 Å². The number of carbonyl (C=O) groups excluding carboxylic acids is 1. The maximum absolute atomic E-state index is 12.9. The number of esters is 1. The molecular weight excluding hydrogens is 436 g/mol. The summed E-state index contributed by atoms with van der Waals surface area (Å²) in [5.41, 5.74) is 0.599. The third-order valence-corrected chi connectivity index (χ3v) is 6.93. The highest BCUT2D eigenvalue weighted by atomic mass is 16.6. The summed E-state index contributed by atoms with van der Waals surface area (Å²) in [6.07, 6.45) is 1.10. The first kappa shape index (κ1) is 24.2. The standard InChI is InChI=1S/C26H34N2O6/c1-32-22-10-4-19-5-11-24(30)26(25(31)33-2,34-23(19)18-22)12-3-13-27-14-16-28(17-15-27)20-6-8-21(29)9-7-20/h4,6-10,18,24,29-30H,3,5,11-17H2,1-2H3/t24-,26+/m1/s1. The number of phenols is 1. The van der Waals surface area contributed by atoms with Gasteiger partial charge < -0.3 is 29.3 Å². The third-order valence-electron chi connectivity index (χ3n) is 6.93. The highest BCUT2D eigenvalue weighted by Crippen LogP contribution is 2.38. The highest BCUT2D eigenvalue weighted by Gasteiger charge is 2.50. The fraction of sp³-hybridized carbons (Fsp3) is 0.500. The van der Waals surface area contributed by atoms with Crippen LogP contribution in [0.2, 0.25) is 0 Å². The minimum absolute atomic E-state index is 0.269. The predicted octanol–water partition coefficient (Wildman–Crippen LogP) is 2.60. The summed E-state index contributed by atoms with van der Waals surface area (Å²) >= 11 is 0. The van der Waals surface area contributed by atoms with Gasteiger partial charge in [-0.3, -0.25) is 4.90 Å². The Balaban J connectivity index is 1.40. The van der Waals surface area contributed by atoms with Crippen molar-refractivity contribution < 1.29 is 29.2 Å². The molecule has 2 N–H and O–H groups in total. The fourth-order valence-electron chi connectivity index (χ4n) is 4.88. The second-order valence-corrected chi connectivity index (χ2v) is 8.96. The Kier molecular flexibility index (Phi) is 7.48. The Hall–Kier alpha value is -2.97. The van der Waals surface area contributed by atoms with E-state index in [1.807, 2.05) is 24.3 Å². The van der Waals surface area contributed by atoms with Gasteiger partial charge in [0.15, 0.2) is 0 Å². The van der Waals surface area contributed by atoms with Gasteiger partial charge in [0.25, 0.3) is 0 Å². The van der Waals surface area contributed by atoms with E-state index >= 15 is 0 Å². The molecule has 184 valence electrons. The van der Waals surface area contributed by atoms with Gasteiger partial charge in [0.2, 0.25) is 5.60 Å². The number of hydrogen-bond acceptors (Lipinski definition) is 8. The van der Waals surface area contributed by atoms with Crippen LogP contribution >= 0.6 is 0 Å². The van der Waals surface area contributed by atoms with Crippen LogP contribution < -0.4 is 14.4 Å². The van der Waals surface area contributed by atoms with Gasteiger partial charge in [-0.1, -0.05) is 6.07 Å². The number of carbonyl (C=O) groups is 1. The molecule has 2 aliphatic heterocycles. The number of aliphatic hydroxyl groups excluding tert-OH is 1. The summed E-state index contributed by atoms with van der Waals surface area (Å²) < 4.78 is 16.7. The molecule has 0 aromatic heterocycles. The van der Waals surface area contributed by atoms with Crippen LogP contribution in [0.4, 0.5) is 5.69 Å². The van der Waals surface area contributed by atoms with Crippen molar-refractivity contribution in [1.29, 1.82) is 0 Å². The van der Waals surface area contributed by atoms with Crippen LogP contribution in [-0.2, 0) is 16.0 Å². The monoisotopic (exact) mass is 470 g/mol. The van der Waals surface area contributed by atoms with E-state index in [0.717, 1.165) is 44.0 Å². The normalized spacial score (nSPS) is 22.9. The molecule has 0 saturated carbocycles. The highest BCUT2D eigenvalue weighted by molar-refractivity contribution is 5.81. The second kappa shape index (κ2) is 10.5. The van der Waals surface area contributed by atoms with Gasteiger partial charge in [-0.25, -0.2) is 4.79 Å². The molecule has 1 saturated heterocycles. The summed E-state index contributed by atoms with van der Waals surface area (Å²) in [7, 11) is 2.92. The van der Waals surface area contributed by atoms with Crippen LogP contribution in [0.5, 0.6) is 17.2 Å². The third kappa shape index (κ3) is 5.08. The molecular formula is C26H34N2O6. The summed E-state index contributed by atoms with van der Waals surface area (Å²) in [5, 5.41) is 20.5. The molecule has 1 fully saturated rings. The van der Waals surface area contributed by atoms with E-state index in [0.29, 0.717) is 37.2 Å². The van der Waals surface area contributed by atoms with Crippen LogP contribution in [0.3, 0.4) is 0 Å². The van der Waals surface area contributed by atoms with E-state index in [-0.39, 0.29) is 5.75 Å². The molecule has 2 atom stereocenters. The average Bonchev–Trinajstić information content (AvgIpc) is 3.01. The fourth-order valence-corrected chi connectivity index (χ4v) is 4.88. The molecule has 0 radical (unpaired) electrons. The number of aromatic hydroxyl groups is 1. The van der Waals surface area contributed by atoms with E-state index in [9.17, 15) is 15.0 Å². The predicted molar refractivity (Wildman–Crippen MR) is 129 cm³/mol. The Labute approximate surface area is 200 Å². The van der Waals surface area contributed by atoms with Crippen LogP contribution in [0.15, 0.2) is 42.5 Å². The van der Waals surface area contributed by atoms with Crippen LogP contribution in [0, 0.1) is 0 Å². The maximum atomic E-state index is 12.9. The minimum Gasteiger partial charge on any atom is -0.508 e. The lowest BCUT2D eigenvalue weighted by Gasteiger charge is -2.37. The number of benzene rings is 2. The van der Waals surface area contributed by atoms with Crippen molar-refractivity contribution in [3.05, 3.63) is 48.0 Å². The van der Waals surface area contributed by atoms with E-state index in [1.54, 1.807) is 25.3 Å². The summed E-state index contributed by atoms with van der Waals surface area (Å²) in [5.74, 6) is 0.919. The van der Waals surface area contributed by atoms with Crippen LogP contribution in [0.25, 0.3) is 0 Å². The number of phenolic OH excluding ortho intramolecular Hbond substituents is 1. The number of aryl methyl sites for hydroxylation is 1. The van der Waals surface area contributed by atoms with Crippen molar-refractivity contribution >= 4 is 11.7 Å². The number of rotatable bonds is 7. The van der Waals surface area contributed by atoms with Gasteiger partial charge in [-0.05, 0) is 61.7 Å². The lowest BCUT2D eigenvalue weighted by molar-refractivity contribution is -0.171. The van der Waals surface area contributed by atoms with Gasteiger partial charge >= 0.3 is 5.97 Å². The lowest BCUT2D eigenvalue weighted by atomic mass is 9.88. The average molecular weight is 471 g/mol. The van der Waals surface area contributed by atoms with E-state index < -0.39 is 17.7 Å². The van der Waals surface area contributed by atoms with E-state index in [4.69, 9.17) is 14.2 Å². The van der Waals surface area contributed by atoms with Crippen molar-refractivity contribution in [1.82, 2.24) is 4.90 Å². The van der Waals surface area contributed by atoms with Gasteiger partial charge in [-0.2, -0.15) is 0 Å². The number of hydrogen-bond donors (Lipinski definition) is 2. The minimum atomic E-state index is -1.44. The number of fused-ring (bicyclic) bond motifs is 1. The molecule has 4 rings (SSSR count). The number of nitrogens with zero attached hydrogens (tertiary/aromatic N) is 2. The van der Waals surface area contributed by atoms with Gasteiger partial charge in [0, 0.05) is 44.4 Å². The molecule has 0 spiro atoms. The quantitative estimate of drug-likeness (QED) is 0.597. The van der Waals surface area contributed by atoms with Crippen molar-refractivity contribution in [3.8, 4) is 17.2 Å². The van der Waals surface area contributed by atoms with Crippen LogP contribution in [-0.4, -0.2) is 79.7 Å². The Bertz CT molecular complexity index is 974. The zero-order valence-electron chi connectivity index (χ0n) is 19.9. The van der Waals surface area contributed by atoms with E-state index in [1.165, 1.54) is 7.11 Å². The first-order valence-electron chi connectivity index (χ1n) is 11.8. The second-order valence-electron chi connectivity index (χ2n) is 8.96. The lowest BCUT2D eigenvalue weighted by Crippen LogP contribution is -2.55. The SMILES string of the molecule is COC(=O)[C@@]1(CCCN2CCN(c3ccc(O)cc3)CC2)Oc2cc(OC)ccc2CC[C@H]1O. The molecule has 0 amide bonds. The topological polar surface area (TPSA) is 91.7 Å². The molecule has 8 heteroatoms. The van der Waals surface area contributed by atoms with Crippen molar-refractivity contribution in [2.24, 2.45) is 0 Å². The number of anilines is 1. The first-order valence-corrected chi connectivity index (χ1v) is 11.8. The summed E-state index contributed by atoms with van der Waals surface area (Å²) in [6, 6.07) is 12.8. The number of ether oxygens (including phenoxy) is 3. The zero-order chi connectivity index (χ0) is 24.1. The Morgan fingerprint density at radius 2 is 1.85 bits per heavy atom. The van der Waals surface area contributed by atoms with Crippen molar-refractivity contribution in [3.63, 3.8) is 0 Å². The smallest absolute Gasteiger partial charge is 0.352 e. The molecule has 2 heterocycles. The number of methoxy groups -OCH3 is 2. The molecule has 34 heavy (non-hydrogen) atoms. The molecule has 0 aliphatic carbocycles. The van der Waals surface area contributed by atoms with Gasteiger partial charge in [0.1, 0.15) is 23.4 Å². The van der Waals surface area contributed by atoms with Crippen molar-refractivity contribution in [2.75, 3.05) is 51.8 Å². The largest absolute Gasteiger partial charge is 0.508 e. The number of aliphatic hydroxyl groups is 1. The molecule has 0 bridgehead atoms. The van der Waals surface area contributed by atoms with Gasteiger partial charge in [0.05, 0.1) is 14.2 Å². The zero-order valence-corrected chi connectivity index (χ0v) is 19.9. The van der Waals surface area contributed by atoms with E-state index in [2.05, 4.69) is 9.80 Å². The first-order chi connectivity index (χ1) is 16.4. The number of piperazine rings is 1. The Morgan fingerprint density at radius 3 is 2.53 bits per heavy atom. The maximum Gasteiger partial charge on any atom is 0.352 e. The van der Waals surface area contributed by atoms with Crippen LogP contribution in [0.1, 0.15) is 24.8 Å². The molecule has 2 aliphatic rings. The summed E-state index contributed by atoms with van der Waals surface area (Å²) in [4.78, 5) is 17.6. The molecule has 8 nitrogen and oxygen atoms in total. The molecule has 0 unspecified atom stereocenters. The Morgan fingerprint density at radius 1 is 1.12 bits per heavy atom. The van der Waals surface area contributed by atoms with Gasteiger partial charge in [-0.15, -0.1) is 0 Å². The molecule has 2 aromatic carbocycles. The molecule has 2 aromatic rings.